The molecule has 4 N–H and O–H groups in total. The van der Waals surface area contributed by atoms with Gasteiger partial charge in [0.25, 0.3) is 0 Å². The Morgan fingerprint density at radius 2 is 1.97 bits per heavy atom. The van der Waals surface area contributed by atoms with Crippen molar-refractivity contribution in [3.8, 4) is 11.8 Å². The number of benzene rings is 2. The zero-order chi connectivity index (χ0) is 23.4. The normalized spacial score (nSPS) is 11.8. The SMILES string of the molecule is C[C@H](CO)Nc1nc(Nc2ccc([S-](=N)=O)cc2)ncc1C#Cc1ccc2c(cnn2C)c1. The Bertz CT molecular complexity index is 1420. The average molecular weight is 461 g/mol. The minimum absolute atomic E-state index is 0.0664. The van der Waals surface area contributed by atoms with E-state index in [2.05, 4.69) is 37.5 Å². The van der Waals surface area contributed by atoms with Gasteiger partial charge in [0, 0.05) is 29.7 Å². The highest BCUT2D eigenvalue weighted by molar-refractivity contribution is 7.73. The largest absolute Gasteiger partial charge is 0.440 e. The minimum atomic E-state index is -1.79. The second-order valence-corrected chi connectivity index (χ2v) is 8.40. The van der Waals surface area contributed by atoms with Gasteiger partial charge in [-0.25, -0.2) is 4.98 Å². The van der Waals surface area contributed by atoms with E-state index in [-0.39, 0.29) is 12.6 Å². The molecule has 0 saturated heterocycles. The van der Waals surface area contributed by atoms with E-state index in [1.807, 2.05) is 36.9 Å². The van der Waals surface area contributed by atoms with Crippen LogP contribution in [0.5, 0.6) is 0 Å². The second kappa shape index (κ2) is 9.68. The van der Waals surface area contributed by atoms with Crippen LogP contribution >= 0.6 is 0 Å². The van der Waals surface area contributed by atoms with Gasteiger partial charge in [-0.2, -0.15) is 20.7 Å². The summed E-state index contributed by atoms with van der Waals surface area (Å²) in [4.78, 5) is 9.29. The number of hydrogen-bond donors (Lipinski definition) is 4. The molecule has 10 heteroatoms. The van der Waals surface area contributed by atoms with Gasteiger partial charge >= 0.3 is 0 Å². The Morgan fingerprint density at radius 3 is 2.70 bits per heavy atom. The molecule has 168 valence electrons. The minimum Gasteiger partial charge on any atom is -0.440 e. The molecule has 4 rings (SSSR count). The molecule has 4 aromatic rings. The van der Waals surface area contributed by atoms with E-state index in [4.69, 9.17) is 4.78 Å². The predicted octanol–water partition coefficient (Wildman–Crippen LogP) is 3.38. The second-order valence-electron chi connectivity index (χ2n) is 7.39. The van der Waals surface area contributed by atoms with Gasteiger partial charge in [-0.05, 0) is 37.3 Å². The van der Waals surface area contributed by atoms with Crippen molar-refractivity contribution in [3.05, 3.63) is 66.0 Å². The van der Waals surface area contributed by atoms with Crippen molar-refractivity contribution in [2.45, 2.75) is 17.9 Å². The summed E-state index contributed by atoms with van der Waals surface area (Å²) in [5, 5.41) is 21.0. The number of nitrogens with zero attached hydrogens (tertiary/aromatic N) is 4. The van der Waals surface area contributed by atoms with Crippen molar-refractivity contribution < 1.29 is 9.32 Å². The summed E-state index contributed by atoms with van der Waals surface area (Å²) in [5.74, 6) is 7.09. The van der Waals surface area contributed by atoms with Crippen molar-refractivity contribution >= 4 is 39.0 Å². The third kappa shape index (κ3) is 5.28. The van der Waals surface area contributed by atoms with Crippen LogP contribution in [0.1, 0.15) is 18.1 Å². The molecular formula is C23H22N7O2S-. The molecule has 0 aliphatic heterocycles. The number of aliphatic hydroxyl groups excluding tert-OH is 1. The zero-order valence-electron chi connectivity index (χ0n) is 18.0. The van der Waals surface area contributed by atoms with Gasteiger partial charge in [-0.1, -0.05) is 28.9 Å². The van der Waals surface area contributed by atoms with E-state index in [9.17, 15) is 9.32 Å². The van der Waals surface area contributed by atoms with Crippen LogP contribution < -0.4 is 10.6 Å². The molecule has 0 bridgehead atoms. The number of fused-ring (bicyclic) bond motifs is 1. The molecule has 0 fully saturated rings. The fourth-order valence-electron chi connectivity index (χ4n) is 3.09. The number of anilines is 3. The zero-order valence-corrected chi connectivity index (χ0v) is 18.8. The summed E-state index contributed by atoms with van der Waals surface area (Å²) in [6.45, 7) is 1.77. The van der Waals surface area contributed by atoms with Crippen molar-refractivity contribution in [3.63, 3.8) is 0 Å². The van der Waals surface area contributed by atoms with Crippen molar-refractivity contribution in [1.82, 2.24) is 19.7 Å². The fraction of sp³-hybridized carbons (Fsp3) is 0.174. The van der Waals surface area contributed by atoms with Crippen LogP contribution in [0.3, 0.4) is 0 Å². The van der Waals surface area contributed by atoms with Crippen molar-refractivity contribution in [2.24, 2.45) is 7.05 Å². The maximum absolute atomic E-state index is 11.2. The van der Waals surface area contributed by atoms with Gasteiger partial charge in [-0.3, -0.25) is 4.68 Å². The Labute approximate surface area is 192 Å². The highest BCUT2D eigenvalue weighted by Gasteiger charge is 2.09. The van der Waals surface area contributed by atoms with Gasteiger partial charge in [0.15, 0.2) is 0 Å². The molecule has 9 nitrogen and oxygen atoms in total. The molecule has 2 heterocycles. The van der Waals surface area contributed by atoms with E-state index in [0.29, 0.717) is 27.9 Å². The summed E-state index contributed by atoms with van der Waals surface area (Å²) in [5.41, 5.74) is 3.15. The van der Waals surface area contributed by atoms with Crippen LogP contribution in [0.25, 0.3) is 10.9 Å². The van der Waals surface area contributed by atoms with E-state index in [1.165, 1.54) is 0 Å². The molecule has 0 unspecified atom stereocenters. The highest BCUT2D eigenvalue weighted by atomic mass is 32.2. The van der Waals surface area contributed by atoms with Crippen LogP contribution in [0.2, 0.25) is 0 Å². The first-order valence-electron chi connectivity index (χ1n) is 10.1. The first-order valence-corrected chi connectivity index (χ1v) is 11.3. The molecule has 0 aliphatic rings. The number of rotatable bonds is 6. The summed E-state index contributed by atoms with van der Waals surface area (Å²) in [6, 6.07) is 12.3. The molecule has 1 atom stereocenters. The number of nitrogens with one attached hydrogen (secondary N) is 3. The van der Waals surface area contributed by atoms with Gasteiger partial charge in [-0.15, -0.1) is 0 Å². The fourth-order valence-corrected chi connectivity index (χ4v) is 3.48. The molecule has 33 heavy (non-hydrogen) atoms. The average Bonchev–Trinajstić information content (AvgIpc) is 3.19. The van der Waals surface area contributed by atoms with Crippen molar-refractivity contribution in [2.75, 3.05) is 17.2 Å². The monoisotopic (exact) mass is 460 g/mol. The molecule has 0 amide bonds. The predicted molar refractivity (Wildman–Crippen MR) is 128 cm³/mol. The number of aryl methyl sites for hydroxylation is 1. The van der Waals surface area contributed by atoms with Crippen LogP contribution in [0.4, 0.5) is 17.5 Å². The maximum Gasteiger partial charge on any atom is 0.229 e. The van der Waals surface area contributed by atoms with E-state index in [1.54, 1.807) is 36.7 Å². The quantitative estimate of drug-likeness (QED) is 0.256. The first-order chi connectivity index (χ1) is 15.9. The summed E-state index contributed by atoms with van der Waals surface area (Å²) in [7, 11) is 0.108. The molecular weight excluding hydrogens is 438 g/mol. The van der Waals surface area contributed by atoms with Gasteiger partial charge < -0.3 is 24.7 Å². The molecule has 0 spiro atoms. The standard InChI is InChI=1S/C23H22N7O2S/c1-15(14-31)27-22-17(5-3-16-4-10-21-18(11-16)13-26-30(21)2)12-25-23(29-22)28-19-6-8-20(9-7-19)33(24)32/h4,6-13,15,24,31H,14H2,1-2H3,(H2,25,27,28,29)/q-1/t15-/m1/s1. The van der Waals surface area contributed by atoms with Crippen LogP contribution in [-0.2, 0) is 21.9 Å². The topological polar surface area (TPSA) is 129 Å². The van der Waals surface area contributed by atoms with Gasteiger partial charge in [0.2, 0.25) is 5.95 Å². The van der Waals surface area contributed by atoms with Gasteiger partial charge in [0.1, 0.15) is 5.82 Å². The van der Waals surface area contributed by atoms with Crippen molar-refractivity contribution in [1.29, 1.82) is 4.78 Å². The lowest BCUT2D eigenvalue weighted by Gasteiger charge is -2.14. The first kappa shape index (κ1) is 22.3. The van der Waals surface area contributed by atoms with E-state index in [0.717, 1.165) is 16.5 Å². The molecule has 2 aromatic carbocycles. The smallest absolute Gasteiger partial charge is 0.229 e. The Hall–Kier alpha value is -3.94. The summed E-state index contributed by atoms with van der Waals surface area (Å²) >= 11 is 0. The lowest BCUT2D eigenvalue weighted by atomic mass is 10.1. The summed E-state index contributed by atoms with van der Waals surface area (Å²) in [6.07, 6.45) is 3.42. The highest BCUT2D eigenvalue weighted by Crippen LogP contribution is 2.19. The number of aliphatic hydroxyl groups is 1. The lowest BCUT2D eigenvalue weighted by Crippen LogP contribution is -2.21. The van der Waals surface area contributed by atoms with Crippen LogP contribution in [-0.4, -0.2) is 37.5 Å². The Balaban J connectivity index is 1.62. The summed E-state index contributed by atoms with van der Waals surface area (Å²) < 4.78 is 20.3. The molecule has 0 aliphatic carbocycles. The molecule has 0 saturated carbocycles. The maximum atomic E-state index is 11.2. The van der Waals surface area contributed by atoms with Crippen LogP contribution in [0, 0.1) is 16.6 Å². The number of aromatic nitrogens is 4. The Kier molecular flexibility index (Phi) is 6.53. The lowest BCUT2D eigenvalue weighted by molar-refractivity contribution is 0.281. The van der Waals surface area contributed by atoms with Crippen LogP contribution in [0.15, 0.2) is 59.8 Å². The van der Waals surface area contributed by atoms with E-state index >= 15 is 0 Å². The third-order valence-electron chi connectivity index (χ3n) is 4.86. The molecule has 0 radical (unpaired) electrons. The Morgan fingerprint density at radius 1 is 1.18 bits per heavy atom. The van der Waals surface area contributed by atoms with Gasteiger partial charge in [0.05, 0.1) is 30.1 Å². The third-order valence-corrected chi connectivity index (χ3v) is 5.56. The molecule has 2 aromatic heterocycles. The van der Waals surface area contributed by atoms with E-state index < -0.39 is 10.6 Å². The number of hydrogen-bond acceptors (Lipinski definition) is 9.